The van der Waals surface area contributed by atoms with Gasteiger partial charge in [-0.15, -0.1) is 0 Å². The van der Waals surface area contributed by atoms with Crippen LogP contribution in [0.15, 0.2) is 60.9 Å². The molecule has 138 valence electrons. The van der Waals surface area contributed by atoms with Gasteiger partial charge in [0.2, 0.25) is 5.91 Å². The lowest BCUT2D eigenvalue weighted by atomic mass is 10.2. The molecule has 3 aromatic rings. The molecular formula is C18H16ClN5O3. The molecule has 9 heteroatoms. The maximum Gasteiger partial charge on any atom is 0.292 e. The van der Waals surface area contributed by atoms with Crippen molar-refractivity contribution in [1.82, 2.24) is 9.78 Å². The number of anilines is 2. The van der Waals surface area contributed by atoms with Crippen molar-refractivity contribution in [2.75, 3.05) is 17.2 Å². The van der Waals surface area contributed by atoms with E-state index in [1.807, 2.05) is 0 Å². The zero-order chi connectivity index (χ0) is 19.2. The molecule has 1 aromatic heterocycles. The molecule has 0 aliphatic heterocycles. The first kappa shape index (κ1) is 18.4. The highest BCUT2D eigenvalue weighted by molar-refractivity contribution is 6.31. The van der Waals surface area contributed by atoms with Crippen molar-refractivity contribution in [1.29, 1.82) is 0 Å². The van der Waals surface area contributed by atoms with E-state index in [1.165, 1.54) is 6.07 Å². The van der Waals surface area contributed by atoms with E-state index in [0.29, 0.717) is 22.1 Å². The average molecular weight is 386 g/mol. The molecule has 2 aromatic carbocycles. The van der Waals surface area contributed by atoms with Gasteiger partial charge in [-0.1, -0.05) is 23.7 Å². The van der Waals surface area contributed by atoms with Crippen molar-refractivity contribution in [2.45, 2.75) is 6.42 Å². The topological polar surface area (TPSA) is 102 Å². The van der Waals surface area contributed by atoms with Crippen molar-refractivity contribution in [3.63, 3.8) is 0 Å². The average Bonchev–Trinajstić information content (AvgIpc) is 3.16. The van der Waals surface area contributed by atoms with E-state index in [4.69, 9.17) is 11.6 Å². The Morgan fingerprint density at radius 3 is 2.74 bits per heavy atom. The monoisotopic (exact) mass is 385 g/mol. The van der Waals surface area contributed by atoms with Gasteiger partial charge in [0, 0.05) is 36.4 Å². The molecule has 0 atom stereocenters. The smallest absolute Gasteiger partial charge is 0.292 e. The van der Waals surface area contributed by atoms with Crippen LogP contribution < -0.4 is 10.6 Å². The summed E-state index contributed by atoms with van der Waals surface area (Å²) in [6.45, 7) is 0.244. The standard InChI is InChI=1S/C18H16ClN5O3/c19-13-6-7-16(23-11-3-9-21-23)15(12-13)22-18(25)8-10-20-14-4-1-2-5-17(14)24(26)27/h1-7,9,11-12,20H,8,10H2,(H,22,25). The fourth-order valence-corrected chi connectivity index (χ4v) is 2.70. The summed E-state index contributed by atoms with van der Waals surface area (Å²) in [6.07, 6.45) is 3.52. The fourth-order valence-electron chi connectivity index (χ4n) is 2.53. The minimum Gasteiger partial charge on any atom is -0.379 e. The summed E-state index contributed by atoms with van der Waals surface area (Å²) in [5.41, 5.74) is 1.55. The minimum absolute atomic E-state index is 0.0336. The number of rotatable bonds is 7. The first-order valence-corrected chi connectivity index (χ1v) is 8.49. The van der Waals surface area contributed by atoms with Crippen molar-refractivity contribution in [3.8, 4) is 5.69 Å². The number of nitro groups is 1. The summed E-state index contributed by atoms with van der Waals surface area (Å²) >= 11 is 6.04. The normalized spacial score (nSPS) is 10.4. The van der Waals surface area contributed by atoms with Crippen LogP contribution in [0.1, 0.15) is 6.42 Å². The maximum absolute atomic E-state index is 12.3. The number of carbonyl (C=O) groups is 1. The quantitative estimate of drug-likeness (QED) is 0.474. The number of hydrogen-bond acceptors (Lipinski definition) is 5. The van der Waals surface area contributed by atoms with Crippen LogP contribution in [0.2, 0.25) is 5.02 Å². The molecule has 27 heavy (non-hydrogen) atoms. The SMILES string of the molecule is O=C(CCNc1ccccc1[N+](=O)[O-])Nc1cc(Cl)ccc1-n1cccn1. The first-order chi connectivity index (χ1) is 13.0. The van der Waals surface area contributed by atoms with Crippen molar-refractivity contribution in [3.05, 3.63) is 76.1 Å². The molecule has 2 N–H and O–H groups in total. The minimum atomic E-state index is -0.468. The van der Waals surface area contributed by atoms with Gasteiger partial charge in [0.05, 0.1) is 16.3 Å². The largest absolute Gasteiger partial charge is 0.379 e. The van der Waals surface area contributed by atoms with Crippen LogP contribution in [0.3, 0.4) is 0 Å². The van der Waals surface area contributed by atoms with E-state index < -0.39 is 4.92 Å². The molecule has 0 unspecified atom stereocenters. The van der Waals surface area contributed by atoms with E-state index >= 15 is 0 Å². The molecule has 0 spiro atoms. The summed E-state index contributed by atoms with van der Waals surface area (Å²) in [7, 11) is 0. The zero-order valence-corrected chi connectivity index (χ0v) is 14.9. The Kier molecular flexibility index (Phi) is 5.68. The second-order valence-corrected chi connectivity index (χ2v) is 6.05. The van der Waals surface area contributed by atoms with E-state index in [9.17, 15) is 14.9 Å². The molecule has 8 nitrogen and oxygen atoms in total. The van der Waals surface area contributed by atoms with E-state index in [-0.39, 0.29) is 24.6 Å². The van der Waals surface area contributed by atoms with Gasteiger partial charge in [-0.05, 0) is 30.3 Å². The molecule has 0 aliphatic carbocycles. The van der Waals surface area contributed by atoms with Crippen LogP contribution in [-0.2, 0) is 4.79 Å². The summed E-state index contributed by atoms with van der Waals surface area (Å²) < 4.78 is 1.62. The second kappa shape index (κ2) is 8.33. The molecule has 1 amide bonds. The van der Waals surface area contributed by atoms with Crippen LogP contribution in [0.25, 0.3) is 5.69 Å². The van der Waals surface area contributed by atoms with E-state index in [1.54, 1.807) is 59.5 Å². The van der Waals surface area contributed by atoms with Gasteiger partial charge in [-0.3, -0.25) is 14.9 Å². The van der Waals surface area contributed by atoms with Gasteiger partial charge in [0.25, 0.3) is 5.69 Å². The molecule has 0 saturated carbocycles. The predicted molar refractivity (Wildman–Crippen MR) is 103 cm³/mol. The summed E-state index contributed by atoms with van der Waals surface area (Å²) in [4.78, 5) is 22.8. The number of carbonyl (C=O) groups excluding carboxylic acids is 1. The lowest BCUT2D eigenvalue weighted by Gasteiger charge is -2.12. The fraction of sp³-hybridized carbons (Fsp3) is 0.111. The highest BCUT2D eigenvalue weighted by atomic mass is 35.5. The number of aromatic nitrogens is 2. The highest BCUT2D eigenvalue weighted by Crippen LogP contribution is 2.25. The Balaban J connectivity index is 1.64. The van der Waals surface area contributed by atoms with Crippen LogP contribution >= 0.6 is 11.6 Å². The lowest BCUT2D eigenvalue weighted by Crippen LogP contribution is -2.17. The molecule has 0 radical (unpaired) electrons. The Morgan fingerprint density at radius 1 is 1.19 bits per heavy atom. The van der Waals surface area contributed by atoms with Crippen molar-refractivity contribution in [2.24, 2.45) is 0 Å². The third kappa shape index (κ3) is 4.62. The van der Waals surface area contributed by atoms with Crippen molar-refractivity contribution < 1.29 is 9.72 Å². The van der Waals surface area contributed by atoms with Gasteiger partial charge < -0.3 is 10.6 Å². The van der Waals surface area contributed by atoms with E-state index in [2.05, 4.69) is 15.7 Å². The van der Waals surface area contributed by atoms with E-state index in [0.717, 1.165) is 0 Å². The van der Waals surface area contributed by atoms with Gasteiger partial charge in [-0.25, -0.2) is 4.68 Å². The maximum atomic E-state index is 12.3. The third-order valence-electron chi connectivity index (χ3n) is 3.75. The Labute approximate surface area is 159 Å². The number of para-hydroxylation sites is 2. The Bertz CT molecular complexity index is 959. The van der Waals surface area contributed by atoms with Crippen LogP contribution in [0.4, 0.5) is 17.1 Å². The van der Waals surface area contributed by atoms with Gasteiger partial charge in [-0.2, -0.15) is 5.10 Å². The number of nitro benzene ring substituents is 1. The third-order valence-corrected chi connectivity index (χ3v) is 3.99. The molecule has 0 bridgehead atoms. The number of halogens is 1. The van der Waals surface area contributed by atoms with Crippen molar-refractivity contribution >= 4 is 34.6 Å². The van der Waals surface area contributed by atoms with Crippen LogP contribution in [-0.4, -0.2) is 27.2 Å². The molecule has 1 heterocycles. The first-order valence-electron chi connectivity index (χ1n) is 8.11. The molecule has 3 rings (SSSR count). The Hall–Kier alpha value is -3.39. The number of hydrogen-bond donors (Lipinski definition) is 2. The number of amides is 1. The van der Waals surface area contributed by atoms with Crippen LogP contribution in [0.5, 0.6) is 0 Å². The van der Waals surface area contributed by atoms with Gasteiger partial charge >= 0.3 is 0 Å². The second-order valence-electron chi connectivity index (χ2n) is 5.61. The number of benzene rings is 2. The highest BCUT2D eigenvalue weighted by Gasteiger charge is 2.13. The van der Waals surface area contributed by atoms with Crippen LogP contribution in [0, 0.1) is 10.1 Å². The number of nitrogens with zero attached hydrogens (tertiary/aromatic N) is 3. The Morgan fingerprint density at radius 2 is 2.00 bits per heavy atom. The lowest BCUT2D eigenvalue weighted by molar-refractivity contribution is -0.384. The van der Waals surface area contributed by atoms with Gasteiger partial charge in [0.1, 0.15) is 5.69 Å². The summed E-state index contributed by atoms with van der Waals surface area (Å²) in [5.74, 6) is -0.253. The predicted octanol–water partition coefficient (Wildman–Crippen LogP) is 3.87. The molecule has 0 fully saturated rings. The van der Waals surface area contributed by atoms with Gasteiger partial charge in [0.15, 0.2) is 0 Å². The summed E-state index contributed by atoms with van der Waals surface area (Å²) in [5, 5.41) is 21.4. The molecular weight excluding hydrogens is 370 g/mol. The summed E-state index contributed by atoms with van der Waals surface area (Å²) in [6, 6.07) is 13.2. The molecule has 0 aliphatic rings. The molecule has 0 saturated heterocycles. The number of nitrogens with one attached hydrogen (secondary N) is 2. The zero-order valence-electron chi connectivity index (χ0n) is 14.1.